The third kappa shape index (κ3) is 2.75. The van der Waals surface area contributed by atoms with Crippen molar-refractivity contribution < 1.29 is 18.9 Å². The monoisotopic (exact) mass is 345 g/mol. The fraction of sp³-hybridized carbons (Fsp3) is 0.600. The van der Waals surface area contributed by atoms with Crippen molar-refractivity contribution in [1.82, 2.24) is 4.90 Å². The molecule has 5 heteroatoms. The molecule has 0 saturated carbocycles. The average molecular weight is 345 g/mol. The number of methoxy groups -OCH3 is 2. The summed E-state index contributed by atoms with van der Waals surface area (Å²) in [6, 6.07) is 4.24. The lowest BCUT2D eigenvalue weighted by molar-refractivity contribution is -0.0712. The summed E-state index contributed by atoms with van der Waals surface area (Å²) >= 11 is 0. The smallest absolute Gasteiger partial charge is 0.166 e. The summed E-state index contributed by atoms with van der Waals surface area (Å²) in [6.45, 7) is 2.36. The Morgan fingerprint density at radius 3 is 3.00 bits per heavy atom. The van der Waals surface area contributed by atoms with E-state index in [9.17, 15) is 0 Å². The minimum atomic E-state index is -0.0621. The summed E-state index contributed by atoms with van der Waals surface area (Å²) in [5, 5.41) is 0. The maximum atomic E-state index is 6.49. The minimum Gasteiger partial charge on any atom is -0.493 e. The van der Waals surface area contributed by atoms with Crippen LogP contribution in [0.15, 0.2) is 24.3 Å². The number of hydrogen-bond donors (Lipinski definition) is 0. The van der Waals surface area contributed by atoms with E-state index in [1.165, 1.54) is 11.1 Å². The Morgan fingerprint density at radius 2 is 2.20 bits per heavy atom. The first-order valence-corrected chi connectivity index (χ1v) is 9.03. The Kier molecular flexibility index (Phi) is 4.48. The van der Waals surface area contributed by atoms with E-state index in [-0.39, 0.29) is 17.6 Å². The van der Waals surface area contributed by atoms with Gasteiger partial charge in [0.2, 0.25) is 0 Å². The van der Waals surface area contributed by atoms with Crippen LogP contribution in [-0.2, 0) is 21.4 Å². The van der Waals surface area contributed by atoms with Crippen LogP contribution in [-0.4, -0.2) is 51.7 Å². The van der Waals surface area contributed by atoms with Crippen LogP contribution in [0, 0.1) is 0 Å². The van der Waals surface area contributed by atoms with E-state index < -0.39 is 0 Å². The largest absolute Gasteiger partial charge is 0.493 e. The van der Waals surface area contributed by atoms with Gasteiger partial charge in [-0.1, -0.05) is 18.2 Å². The summed E-state index contributed by atoms with van der Waals surface area (Å²) < 4.78 is 22.9. The van der Waals surface area contributed by atoms with Crippen LogP contribution >= 0.6 is 0 Å². The zero-order chi connectivity index (χ0) is 17.4. The Labute approximate surface area is 149 Å². The molecular formula is C20H27NO4. The van der Waals surface area contributed by atoms with Crippen molar-refractivity contribution in [3.05, 3.63) is 35.4 Å². The van der Waals surface area contributed by atoms with Crippen molar-refractivity contribution >= 4 is 0 Å². The van der Waals surface area contributed by atoms with Gasteiger partial charge in [0.25, 0.3) is 0 Å². The Balaban J connectivity index is 1.78. The van der Waals surface area contributed by atoms with E-state index in [0.717, 1.165) is 43.9 Å². The van der Waals surface area contributed by atoms with Crippen molar-refractivity contribution in [2.24, 2.45) is 0 Å². The summed E-state index contributed by atoms with van der Waals surface area (Å²) in [7, 11) is 5.55. The van der Waals surface area contributed by atoms with Crippen LogP contribution in [0.1, 0.15) is 30.4 Å². The summed E-state index contributed by atoms with van der Waals surface area (Å²) in [5.41, 5.74) is 2.61. The lowest BCUT2D eigenvalue weighted by Gasteiger charge is -2.39. The number of rotatable bonds is 4. The van der Waals surface area contributed by atoms with Crippen molar-refractivity contribution in [3.8, 4) is 11.5 Å². The maximum absolute atomic E-state index is 6.49. The molecule has 1 aromatic rings. The fourth-order valence-electron chi connectivity index (χ4n) is 4.61. The lowest BCUT2D eigenvalue weighted by Crippen LogP contribution is -2.44. The molecule has 2 heterocycles. The molecule has 1 aromatic carbocycles. The molecule has 0 amide bonds. The third-order valence-corrected chi connectivity index (χ3v) is 5.75. The van der Waals surface area contributed by atoms with Gasteiger partial charge in [0.15, 0.2) is 11.5 Å². The zero-order valence-electron chi connectivity index (χ0n) is 15.3. The first kappa shape index (κ1) is 16.9. The molecule has 0 N–H and O–H groups in total. The highest BCUT2D eigenvalue weighted by atomic mass is 16.7. The van der Waals surface area contributed by atoms with Crippen molar-refractivity contribution in [2.75, 3.05) is 34.6 Å². The molecule has 0 fully saturated rings. The Bertz CT molecular complexity index is 674. The zero-order valence-corrected chi connectivity index (χ0v) is 15.3. The van der Waals surface area contributed by atoms with Crippen LogP contribution in [0.4, 0.5) is 0 Å². The van der Waals surface area contributed by atoms with Crippen LogP contribution in [0.3, 0.4) is 0 Å². The van der Waals surface area contributed by atoms with Gasteiger partial charge in [0, 0.05) is 25.6 Å². The van der Waals surface area contributed by atoms with E-state index in [0.29, 0.717) is 6.79 Å². The molecule has 0 bridgehead atoms. The summed E-state index contributed by atoms with van der Waals surface area (Å²) in [6.07, 6.45) is 7.74. The van der Waals surface area contributed by atoms with E-state index >= 15 is 0 Å². The Hall–Kier alpha value is -1.56. The molecule has 0 radical (unpaired) electrons. The highest BCUT2D eigenvalue weighted by Gasteiger charge is 2.52. The van der Waals surface area contributed by atoms with E-state index in [1.807, 2.05) is 6.07 Å². The molecule has 0 aromatic heterocycles. The summed E-state index contributed by atoms with van der Waals surface area (Å²) in [5.74, 6) is 1.76. The standard InChI is InChI=1S/C20H27NO4/c1-21-10-4-8-20-9-7-15(24-13-22-2)11-17(20)25-19-16(23-3)6-5-14(12-21)18(19)20/h5-7,9,15,17H,4,8,10-13H2,1-3H3. The molecule has 3 atom stereocenters. The van der Waals surface area contributed by atoms with Crippen molar-refractivity contribution in [2.45, 2.75) is 43.4 Å². The second kappa shape index (κ2) is 6.63. The molecule has 1 aliphatic carbocycles. The molecular weight excluding hydrogens is 318 g/mol. The average Bonchev–Trinajstić information content (AvgIpc) is 2.93. The minimum absolute atomic E-state index is 0.0347. The predicted molar refractivity (Wildman–Crippen MR) is 95.2 cm³/mol. The van der Waals surface area contributed by atoms with Crippen LogP contribution in [0.2, 0.25) is 0 Å². The van der Waals surface area contributed by atoms with Crippen molar-refractivity contribution in [1.29, 1.82) is 0 Å². The first-order valence-electron chi connectivity index (χ1n) is 9.03. The van der Waals surface area contributed by atoms with Gasteiger partial charge < -0.3 is 23.8 Å². The highest BCUT2D eigenvalue weighted by Crippen LogP contribution is 2.55. The number of nitrogens with zero attached hydrogens (tertiary/aromatic N) is 1. The second-order valence-electron chi connectivity index (χ2n) is 7.33. The molecule has 1 spiro atoms. The van der Waals surface area contributed by atoms with Gasteiger partial charge in [-0.15, -0.1) is 0 Å². The molecule has 5 nitrogen and oxygen atoms in total. The third-order valence-electron chi connectivity index (χ3n) is 5.75. The lowest BCUT2D eigenvalue weighted by atomic mass is 9.67. The van der Waals surface area contributed by atoms with Gasteiger partial charge in [-0.05, 0) is 38.1 Å². The van der Waals surface area contributed by atoms with E-state index in [2.05, 4.69) is 30.2 Å². The van der Waals surface area contributed by atoms with Crippen LogP contribution in [0.5, 0.6) is 11.5 Å². The molecule has 0 saturated heterocycles. The quantitative estimate of drug-likeness (QED) is 0.620. The van der Waals surface area contributed by atoms with Gasteiger partial charge in [-0.25, -0.2) is 0 Å². The van der Waals surface area contributed by atoms with E-state index in [4.69, 9.17) is 18.9 Å². The van der Waals surface area contributed by atoms with Gasteiger partial charge in [0.1, 0.15) is 12.9 Å². The van der Waals surface area contributed by atoms with Gasteiger partial charge in [-0.2, -0.15) is 0 Å². The fourth-order valence-corrected chi connectivity index (χ4v) is 4.61. The second-order valence-corrected chi connectivity index (χ2v) is 7.33. The van der Waals surface area contributed by atoms with Gasteiger partial charge >= 0.3 is 0 Å². The highest BCUT2D eigenvalue weighted by molar-refractivity contribution is 5.60. The first-order chi connectivity index (χ1) is 12.2. The molecule has 2 aliphatic heterocycles. The molecule has 3 unspecified atom stereocenters. The number of hydrogen-bond acceptors (Lipinski definition) is 5. The maximum Gasteiger partial charge on any atom is 0.166 e. The van der Waals surface area contributed by atoms with Crippen LogP contribution < -0.4 is 9.47 Å². The van der Waals surface area contributed by atoms with Gasteiger partial charge in [-0.3, -0.25) is 0 Å². The normalized spacial score (nSPS) is 30.8. The molecule has 25 heavy (non-hydrogen) atoms. The van der Waals surface area contributed by atoms with Crippen molar-refractivity contribution in [3.63, 3.8) is 0 Å². The molecule has 136 valence electrons. The SMILES string of the molecule is COCOC1C=CC23CCCN(C)Cc4ccc(OC)c(c42)OC3C1. The topological polar surface area (TPSA) is 40.2 Å². The number of benzene rings is 1. The molecule has 4 rings (SSSR count). The summed E-state index contributed by atoms with van der Waals surface area (Å²) in [4.78, 5) is 2.39. The van der Waals surface area contributed by atoms with Crippen LogP contribution in [0.25, 0.3) is 0 Å². The van der Waals surface area contributed by atoms with Gasteiger partial charge in [0.05, 0.1) is 18.6 Å². The Morgan fingerprint density at radius 1 is 1.32 bits per heavy atom. The van der Waals surface area contributed by atoms with E-state index in [1.54, 1.807) is 14.2 Å². The molecule has 3 aliphatic rings. The number of ether oxygens (including phenoxy) is 4. The predicted octanol–water partition coefficient (Wildman–Crippen LogP) is 2.87.